The van der Waals surface area contributed by atoms with Crippen LogP contribution >= 0.6 is 15.9 Å². The van der Waals surface area contributed by atoms with Crippen molar-refractivity contribution in [2.45, 2.75) is 11.5 Å². The highest BCUT2D eigenvalue weighted by Gasteiger charge is 2.20. The molecule has 3 rings (SSSR count). The smallest absolute Gasteiger partial charge is 0.341 e. The normalized spacial score (nSPS) is 13.3. The van der Waals surface area contributed by atoms with Gasteiger partial charge in [0.05, 0.1) is 10.5 Å². The first-order chi connectivity index (χ1) is 12.8. The summed E-state index contributed by atoms with van der Waals surface area (Å²) in [6.45, 7) is 0.684. The Labute approximate surface area is 163 Å². The van der Waals surface area contributed by atoms with Crippen LogP contribution in [0.1, 0.15) is 15.9 Å². The SMILES string of the molecule is CNS(=O)(=O)c1ccc(F)c(C(=O)OCc2cc3c(cc2Br)OCCO3)c1. The van der Waals surface area contributed by atoms with E-state index in [0.29, 0.717) is 34.7 Å². The quantitative estimate of drug-likeness (QED) is 0.691. The Balaban J connectivity index is 1.80. The number of carbonyl (C=O) groups is 1. The first-order valence-corrected chi connectivity index (χ1v) is 10.1. The van der Waals surface area contributed by atoms with Gasteiger partial charge in [0.15, 0.2) is 11.5 Å². The standard InChI is InChI=1S/C17H15BrFNO6S/c1-20-27(22,23)11-2-3-14(19)12(7-11)17(21)26-9-10-6-15-16(8-13(10)18)25-5-4-24-15/h2-3,6-8,20H,4-5,9H2,1H3. The number of halogens is 2. The van der Waals surface area contributed by atoms with Gasteiger partial charge in [0, 0.05) is 10.0 Å². The second kappa shape index (κ2) is 7.83. The lowest BCUT2D eigenvalue weighted by molar-refractivity contribution is 0.0465. The van der Waals surface area contributed by atoms with Crippen molar-refractivity contribution >= 4 is 31.9 Å². The molecule has 0 radical (unpaired) electrons. The third kappa shape index (κ3) is 4.23. The number of hydrogen-bond acceptors (Lipinski definition) is 6. The number of esters is 1. The summed E-state index contributed by atoms with van der Waals surface area (Å²) in [5, 5.41) is 0. The fourth-order valence-electron chi connectivity index (χ4n) is 2.38. The minimum atomic E-state index is -3.82. The van der Waals surface area contributed by atoms with Crippen molar-refractivity contribution in [3.05, 3.63) is 51.7 Å². The van der Waals surface area contributed by atoms with Crippen molar-refractivity contribution in [3.8, 4) is 11.5 Å². The molecule has 1 aliphatic rings. The Morgan fingerprint density at radius 3 is 2.56 bits per heavy atom. The van der Waals surface area contributed by atoms with Crippen LogP contribution in [0.25, 0.3) is 0 Å². The lowest BCUT2D eigenvalue weighted by Gasteiger charge is -2.20. The summed E-state index contributed by atoms with van der Waals surface area (Å²) < 4.78 is 56.4. The number of rotatable bonds is 5. The van der Waals surface area contributed by atoms with E-state index in [2.05, 4.69) is 20.7 Å². The van der Waals surface area contributed by atoms with E-state index < -0.39 is 27.4 Å². The van der Waals surface area contributed by atoms with Crippen molar-refractivity contribution in [2.75, 3.05) is 20.3 Å². The number of nitrogens with one attached hydrogen (secondary N) is 1. The average Bonchev–Trinajstić information content (AvgIpc) is 2.66. The van der Waals surface area contributed by atoms with Crippen LogP contribution in [-0.2, 0) is 21.4 Å². The van der Waals surface area contributed by atoms with E-state index in [1.165, 1.54) is 7.05 Å². The number of benzene rings is 2. The van der Waals surface area contributed by atoms with E-state index in [1.807, 2.05) is 0 Å². The van der Waals surface area contributed by atoms with Gasteiger partial charge in [-0.1, -0.05) is 15.9 Å². The number of sulfonamides is 1. The van der Waals surface area contributed by atoms with Gasteiger partial charge in [-0.25, -0.2) is 22.3 Å². The monoisotopic (exact) mass is 459 g/mol. The summed E-state index contributed by atoms with van der Waals surface area (Å²) >= 11 is 3.35. The van der Waals surface area contributed by atoms with Gasteiger partial charge in [-0.05, 0) is 37.4 Å². The second-order valence-electron chi connectivity index (χ2n) is 5.51. The highest BCUT2D eigenvalue weighted by Crippen LogP contribution is 2.35. The number of ether oxygens (including phenoxy) is 3. The van der Waals surface area contributed by atoms with Crippen LogP contribution in [0.5, 0.6) is 11.5 Å². The Kier molecular flexibility index (Phi) is 5.68. The fraction of sp³-hybridized carbons (Fsp3) is 0.235. The van der Waals surface area contributed by atoms with Gasteiger partial charge in [0.1, 0.15) is 25.6 Å². The van der Waals surface area contributed by atoms with Crippen molar-refractivity contribution < 1.29 is 31.8 Å². The van der Waals surface area contributed by atoms with Crippen molar-refractivity contribution in [3.63, 3.8) is 0 Å². The van der Waals surface area contributed by atoms with Crippen LogP contribution in [0.4, 0.5) is 4.39 Å². The van der Waals surface area contributed by atoms with Crippen LogP contribution < -0.4 is 14.2 Å². The second-order valence-corrected chi connectivity index (χ2v) is 8.25. The Hall–Kier alpha value is -2.17. The summed E-state index contributed by atoms with van der Waals surface area (Å²) in [7, 11) is -2.60. The lowest BCUT2D eigenvalue weighted by Crippen LogP contribution is -2.19. The summed E-state index contributed by atoms with van der Waals surface area (Å²) in [5.74, 6) is -0.776. The Morgan fingerprint density at radius 2 is 1.89 bits per heavy atom. The molecule has 7 nitrogen and oxygen atoms in total. The van der Waals surface area contributed by atoms with E-state index in [0.717, 1.165) is 18.2 Å². The van der Waals surface area contributed by atoms with Gasteiger partial charge in [0.25, 0.3) is 0 Å². The molecule has 1 N–H and O–H groups in total. The van der Waals surface area contributed by atoms with Gasteiger partial charge >= 0.3 is 5.97 Å². The molecule has 0 spiro atoms. The maximum atomic E-state index is 14.0. The van der Waals surface area contributed by atoms with Gasteiger partial charge < -0.3 is 14.2 Å². The average molecular weight is 460 g/mol. The topological polar surface area (TPSA) is 90.9 Å². The third-order valence-corrected chi connectivity index (χ3v) is 5.96. The predicted octanol–water partition coefficient (Wildman–Crippen LogP) is 2.62. The molecule has 27 heavy (non-hydrogen) atoms. The molecule has 0 fully saturated rings. The molecule has 2 aromatic carbocycles. The molecular weight excluding hydrogens is 445 g/mol. The van der Waals surface area contributed by atoms with Crippen LogP contribution in [0, 0.1) is 5.82 Å². The summed E-state index contributed by atoms with van der Waals surface area (Å²) in [6, 6.07) is 6.25. The molecule has 0 bridgehead atoms. The van der Waals surface area contributed by atoms with Crippen molar-refractivity contribution in [1.82, 2.24) is 4.72 Å². The lowest BCUT2D eigenvalue weighted by atomic mass is 10.2. The molecular formula is C17H15BrFNO6S. The van der Waals surface area contributed by atoms with E-state index in [1.54, 1.807) is 12.1 Å². The largest absolute Gasteiger partial charge is 0.486 e. The number of hydrogen-bond donors (Lipinski definition) is 1. The first-order valence-electron chi connectivity index (χ1n) is 7.80. The minimum Gasteiger partial charge on any atom is -0.486 e. The highest BCUT2D eigenvalue weighted by atomic mass is 79.9. The molecule has 10 heteroatoms. The molecule has 0 saturated carbocycles. The Morgan fingerprint density at radius 1 is 1.22 bits per heavy atom. The zero-order valence-electron chi connectivity index (χ0n) is 14.1. The molecule has 0 amide bonds. The molecule has 0 unspecified atom stereocenters. The molecule has 0 saturated heterocycles. The fourth-order valence-corrected chi connectivity index (χ4v) is 3.58. The number of carbonyl (C=O) groups excluding carboxylic acids is 1. The molecule has 0 aliphatic carbocycles. The molecule has 0 atom stereocenters. The predicted molar refractivity (Wildman–Crippen MR) is 96.9 cm³/mol. The summed E-state index contributed by atoms with van der Waals surface area (Å²) in [6.07, 6.45) is 0. The van der Waals surface area contributed by atoms with Gasteiger partial charge in [-0.2, -0.15) is 0 Å². The van der Waals surface area contributed by atoms with E-state index in [9.17, 15) is 17.6 Å². The van der Waals surface area contributed by atoms with Crippen LogP contribution in [0.2, 0.25) is 0 Å². The molecule has 144 valence electrons. The van der Waals surface area contributed by atoms with Crippen molar-refractivity contribution in [1.29, 1.82) is 0 Å². The summed E-state index contributed by atoms with van der Waals surface area (Å²) in [5.41, 5.74) is 0.118. The van der Waals surface area contributed by atoms with E-state index in [-0.39, 0.29) is 11.5 Å². The van der Waals surface area contributed by atoms with E-state index in [4.69, 9.17) is 14.2 Å². The van der Waals surface area contributed by atoms with Crippen LogP contribution in [0.15, 0.2) is 39.7 Å². The van der Waals surface area contributed by atoms with Gasteiger partial charge in [0.2, 0.25) is 10.0 Å². The minimum absolute atomic E-state index is 0.168. The number of fused-ring (bicyclic) bond motifs is 1. The maximum Gasteiger partial charge on any atom is 0.341 e. The third-order valence-electron chi connectivity index (χ3n) is 3.81. The highest BCUT2D eigenvalue weighted by molar-refractivity contribution is 9.10. The van der Waals surface area contributed by atoms with Crippen LogP contribution in [-0.4, -0.2) is 34.6 Å². The Bertz CT molecular complexity index is 995. The molecule has 0 aromatic heterocycles. The maximum absolute atomic E-state index is 14.0. The molecule has 1 aliphatic heterocycles. The first kappa shape index (κ1) is 19.6. The summed E-state index contributed by atoms with van der Waals surface area (Å²) in [4.78, 5) is 12.0. The van der Waals surface area contributed by atoms with E-state index >= 15 is 0 Å². The van der Waals surface area contributed by atoms with Gasteiger partial charge in [-0.15, -0.1) is 0 Å². The van der Waals surface area contributed by atoms with Gasteiger partial charge in [-0.3, -0.25) is 0 Å². The van der Waals surface area contributed by atoms with Crippen molar-refractivity contribution in [2.24, 2.45) is 0 Å². The van der Waals surface area contributed by atoms with Crippen LogP contribution in [0.3, 0.4) is 0 Å². The molecule has 2 aromatic rings. The zero-order valence-corrected chi connectivity index (χ0v) is 16.5. The zero-order chi connectivity index (χ0) is 19.6. The molecule has 1 heterocycles.